The van der Waals surface area contributed by atoms with E-state index < -0.39 is 43.2 Å². The third-order valence-electron chi connectivity index (χ3n) is 7.42. The number of carboxylic acid groups (broad SMARTS) is 1. The van der Waals surface area contributed by atoms with Crippen LogP contribution >= 0.6 is 0 Å². The van der Waals surface area contributed by atoms with Crippen LogP contribution in [0.4, 0.5) is 0 Å². The Morgan fingerprint density at radius 3 is 1.74 bits per heavy atom. The summed E-state index contributed by atoms with van der Waals surface area (Å²) in [6.07, 6.45) is -2.99. The molecule has 4 aromatic carbocycles. The molecule has 1 aliphatic heterocycles. The van der Waals surface area contributed by atoms with Gasteiger partial charge >= 0.3 is 5.97 Å². The molecule has 5 atom stereocenters. The zero-order valence-electron chi connectivity index (χ0n) is 26.1. The van der Waals surface area contributed by atoms with Crippen molar-refractivity contribution in [1.82, 2.24) is 5.32 Å². The predicted molar refractivity (Wildman–Crippen MR) is 173 cm³/mol. The van der Waals surface area contributed by atoms with Gasteiger partial charge < -0.3 is 38.8 Å². The summed E-state index contributed by atoms with van der Waals surface area (Å²) in [5.41, 5.74) is 2.93. The molecule has 10 heteroatoms. The number of hydrogen-bond acceptors (Lipinski definition) is 8. The van der Waals surface area contributed by atoms with E-state index >= 15 is 0 Å². The largest absolute Gasteiger partial charge is 0.482 e. The molecule has 0 bridgehead atoms. The van der Waals surface area contributed by atoms with Gasteiger partial charge in [-0.15, -0.1) is 0 Å². The van der Waals surface area contributed by atoms with E-state index in [1.165, 1.54) is 6.92 Å². The van der Waals surface area contributed by atoms with Crippen molar-refractivity contribution in [3.8, 4) is 11.5 Å². The van der Waals surface area contributed by atoms with Gasteiger partial charge in [-0.05, 0) is 41.0 Å². The van der Waals surface area contributed by atoms with Crippen molar-refractivity contribution < 1.29 is 43.1 Å². The van der Waals surface area contributed by atoms with Gasteiger partial charge in [0, 0.05) is 6.92 Å². The highest BCUT2D eigenvalue weighted by atomic mass is 16.7. The van der Waals surface area contributed by atoms with Crippen LogP contribution in [-0.4, -0.2) is 60.8 Å². The van der Waals surface area contributed by atoms with E-state index in [1.54, 1.807) is 24.3 Å². The molecule has 0 aromatic heterocycles. The zero-order chi connectivity index (χ0) is 32.8. The number of nitrogens with one attached hydrogen (secondary N) is 1. The average molecular weight is 642 g/mol. The van der Waals surface area contributed by atoms with Crippen molar-refractivity contribution in [2.75, 3.05) is 13.2 Å². The summed E-state index contributed by atoms with van der Waals surface area (Å²) in [7, 11) is 0. The fraction of sp³-hybridized carbons (Fsp3) is 0.297. The monoisotopic (exact) mass is 641 g/mol. The van der Waals surface area contributed by atoms with E-state index in [0.29, 0.717) is 18.1 Å². The Morgan fingerprint density at radius 1 is 0.702 bits per heavy atom. The first-order valence-corrected chi connectivity index (χ1v) is 15.4. The molecule has 5 rings (SSSR count). The molecule has 2 N–H and O–H groups in total. The molecule has 0 spiro atoms. The fourth-order valence-electron chi connectivity index (χ4n) is 5.22. The normalized spacial score (nSPS) is 20.7. The molecule has 1 aliphatic rings. The van der Waals surface area contributed by atoms with Crippen LogP contribution in [0.3, 0.4) is 0 Å². The molecule has 1 fully saturated rings. The van der Waals surface area contributed by atoms with Crippen LogP contribution in [0, 0.1) is 0 Å². The number of carbonyl (C=O) groups is 2. The number of rotatable bonds is 16. The number of carbonyl (C=O) groups excluding carboxylic acids is 1. The van der Waals surface area contributed by atoms with Gasteiger partial charge in [0.1, 0.15) is 35.9 Å². The number of aliphatic carboxylic acids is 1. The minimum atomic E-state index is -1.08. The SMILES string of the molecule is CC(=O)N[C@H]1[C@@H](Oc2ccc(OCC(=O)O)cc2)O[C@H](COCc2ccccc2)[C@@H](OCc2ccccc2)[C@@H]1OCc1ccccc1. The van der Waals surface area contributed by atoms with Crippen molar-refractivity contribution in [3.05, 3.63) is 132 Å². The summed E-state index contributed by atoms with van der Waals surface area (Å²) in [5.74, 6) is -0.584. The topological polar surface area (TPSA) is 122 Å². The van der Waals surface area contributed by atoms with Crippen LogP contribution in [0.15, 0.2) is 115 Å². The van der Waals surface area contributed by atoms with Crippen molar-refractivity contribution in [1.29, 1.82) is 0 Å². The van der Waals surface area contributed by atoms with Crippen LogP contribution in [0.2, 0.25) is 0 Å². The second-order valence-corrected chi connectivity index (χ2v) is 11.1. The number of hydrogen-bond donors (Lipinski definition) is 2. The van der Waals surface area contributed by atoms with Crippen LogP contribution in [0.25, 0.3) is 0 Å². The van der Waals surface area contributed by atoms with Crippen LogP contribution in [-0.2, 0) is 48.4 Å². The molecular formula is C37H39NO9. The van der Waals surface area contributed by atoms with Gasteiger partial charge in [0.25, 0.3) is 0 Å². The number of amides is 1. The molecule has 47 heavy (non-hydrogen) atoms. The first-order valence-electron chi connectivity index (χ1n) is 15.4. The lowest BCUT2D eigenvalue weighted by Gasteiger charge is -2.46. The maximum absolute atomic E-state index is 12.6. The Hall–Kier alpha value is -4.74. The molecule has 4 aromatic rings. The standard InChI is InChI=1S/C37H39NO9/c1-26(39)38-34-36(45-23-29-15-9-4-10-16-29)35(44-22-28-13-7-3-8-14-28)32(24-42-21-27-11-5-2-6-12-27)47-37(34)46-31-19-17-30(18-20-31)43-25-33(40)41/h2-20,32,34-37H,21-25H2,1H3,(H,38,39)(H,40,41)/t32-,34-,35-,36-,37+/m1/s1. The Kier molecular flexibility index (Phi) is 12.3. The molecule has 1 saturated heterocycles. The van der Waals surface area contributed by atoms with E-state index in [4.69, 9.17) is 33.5 Å². The summed E-state index contributed by atoms with van der Waals surface area (Å²) in [6.45, 7) is 2.02. The number of ether oxygens (including phenoxy) is 6. The minimum absolute atomic E-state index is 0.161. The number of benzene rings is 4. The van der Waals surface area contributed by atoms with E-state index in [2.05, 4.69) is 5.32 Å². The quantitative estimate of drug-likeness (QED) is 0.171. The summed E-state index contributed by atoms with van der Waals surface area (Å²) in [5, 5.41) is 11.9. The maximum atomic E-state index is 12.6. The Bertz CT molecular complexity index is 1520. The molecule has 0 aliphatic carbocycles. The van der Waals surface area contributed by atoms with Crippen LogP contribution < -0.4 is 14.8 Å². The van der Waals surface area contributed by atoms with Gasteiger partial charge in [-0.1, -0.05) is 91.0 Å². The zero-order valence-corrected chi connectivity index (χ0v) is 26.1. The first kappa shape index (κ1) is 33.6. The molecule has 0 radical (unpaired) electrons. The second kappa shape index (κ2) is 17.3. The highest BCUT2D eigenvalue weighted by Gasteiger charge is 2.49. The Balaban J connectivity index is 1.43. The van der Waals surface area contributed by atoms with E-state index in [9.17, 15) is 9.59 Å². The first-order chi connectivity index (χ1) is 22.9. The smallest absolute Gasteiger partial charge is 0.341 e. The third-order valence-corrected chi connectivity index (χ3v) is 7.42. The third kappa shape index (κ3) is 10.4. The van der Waals surface area contributed by atoms with Gasteiger partial charge in [0.15, 0.2) is 6.61 Å². The van der Waals surface area contributed by atoms with Crippen LogP contribution in [0.1, 0.15) is 23.6 Å². The van der Waals surface area contributed by atoms with E-state index in [1.807, 2.05) is 91.0 Å². The van der Waals surface area contributed by atoms with Crippen LogP contribution in [0.5, 0.6) is 11.5 Å². The molecule has 1 amide bonds. The summed E-state index contributed by atoms with van der Waals surface area (Å²) in [6, 6.07) is 35.1. The van der Waals surface area contributed by atoms with Crippen molar-refractivity contribution in [2.45, 2.75) is 57.4 Å². The summed E-state index contributed by atoms with van der Waals surface area (Å²) in [4.78, 5) is 23.5. The van der Waals surface area contributed by atoms with E-state index in [0.717, 1.165) is 16.7 Å². The average Bonchev–Trinajstić information content (AvgIpc) is 3.09. The molecule has 1 heterocycles. The molecule has 10 nitrogen and oxygen atoms in total. The highest BCUT2D eigenvalue weighted by molar-refractivity contribution is 5.73. The Morgan fingerprint density at radius 2 is 1.21 bits per heavy atom. The van der Waals surface area contributed by atoms with E-state index in [-0.39, 0.29) is 25.7 Å². The lowest BCUT2D eigenvalue weighted by molar-refractivity contribution is -0.270. The fourth-order valence-corrected chi connectivity index (χ4v) is 5.22. The lowest BCUT2D eigenvalue weighted by atomic mass is 9.95. The predicted octanol–water partition coefficient (Wildman–Crippen LogP) is 5.15. The molecule has 0 unspecified atom stereocenters. The van der Waals surface area contributed by atoms with Crippen molar-refractivity contribution >= 4 is 11.9 Å². The summed E-state index contributed by atoms with van der Waals surface area (Å²) < 4.78 is 37.5. The van der Waals surface area contributed by atoms with Gasteiger partial charge in [0.2, 0.25) is 12.2 Å². The summed E-state index contributed by atoms with van der Waals surface area (Å²) >= 11 is 0. The van der Waals surface area contributed by atoms with Crippen molar-refractivity contribution in [2.24, 2.45) is 0 Å². The Labute approximate surface area is 274 Å². The van der Waals surface area contributed by atoms with Gasteiger partial charge in [-0.2, -0.15) is 0 Å². The van der Waals surface area contributed by atoms with Gasteiger partial charge in [-0.25, -0.2) is 4.79 Å². The van der Waals surface area contributed by atoms with Crippen molar-refractivity contribution in [3.63, 3.8) is 0 Å². The minimum Gasteiger partial charge on any atom is -0.482 e. The molecule has 0 saturated carbocycles. The second-order valence-electron chi connectivity index (χ2n) is 11.1. The van der Waals surface area contributed by atoms with Gasteiger partial charge in [0.05, 0.1) is 26.4 Å². The van der Waals surface area contributed by atoms with Gasteiger partial charge in [-0.3, -0.25) is 4.79 Å². The highest BCUT2D eigenvalue weighted by Crippen LogP contribution is 2.31. The maximum Gasteiger partial charge on any atom is 0.341 e. The number of carboxylic acids is 1. The molecular weight excluding hydrogens is 602 g/mol. The lowest BCUT2D eigenvalue weighted by Crippen LogP contribution is -2.66. The molecule has 246 valence electrons.